The molecular weight excluding hydrogens is 436 g/mol. The van der Waals surface area contributed by atoms with Gasteiger partial charge in [0.05, 0.1) is 22.8 Å². The maximum absolute atomic E-state index is 9.90. The number of H-pyrrole nitrogens is 2. The number of imidazole rings is 2. The van der Waals surface area contributed by atoms with E-state index in [2.05, 4.69) is 45.1 Å². The molecule has 2 aromatic heterocycles. The Balaban J connectivity index is 1.41. The Bertz CT molecular complexity index is 1200. The maximum Gasteiger partial charge on any atom is 0.235 e. The Hall–Kier alpha value is -3.01. The van der Waals surface area contributed by atoms with E-state index in [9.17, 15) is 5.11 Å². The molecule has 1 aliphatic rings. The first-order valence-corrected chi connectivity index (χ1v) is 12.1. The molecule has 9 heteroatoms. The van der Waals surface area contributed by atoms with Gasteiger partial charge in [0.1, 0.15) is 11.9 Å². The van der Waals surface area contributed by atoms with Crippen molar-refractivity contribution < 1.29 is 9.84 Å². The van der Waals surface area contributed by atoms with Crippen molar-refractivity contribution in [2.75, 3.05) is 25.9 Å². The average molecular weight is 465 g/mol. The van der Waals surface area contributed by atoms with Gasteiger partial charge in [-0.15, -0.1) is 11.8 Å². The van der Waals surface area contributed by atoms with E-state index in [1.165, 1.54) is 0 Å². The van der Waals surface area contributed by atoms with Crippen molar-refractivity contribution in [1.29, 1.82) is 0 Å². The smallest absolute Gasteiger partial charge is 0.235 e. The first kappa shape index (κ1) is 21.8. The molecule has 0 amide bonds. The monoisotopic (exact) mass is 464 g/mol. The number of hydrogen-bond donors (Lipinski definition) is 4. The van der Waals surface area contributed by atoms with Crippen LogP contribution in [0.3, 0.4) is 0 Å². The zero-order valence-corrected chi connectivity index (χ0v) is 19.3. The van der Waals surface area contributed by atoms with E-state index < -0.39 is 0 Å². The fraction of sp³-hybridized carbons (Fsp3) is 0.333. The van der Waals surface area contributed by atoms with Gasteiger partial charge < -0.3 is 30.4 Å². The summed E-state index contributed by atoms with van der Waals surface area (Å²) in [5.74, 6) is 1.51. The van der Waals surface area contributed by atoms with Crippen molar-refractivity contribution in [3.8, 4) is 5.88 Å². The van der Waals surface area contributed by atoms with Crippen LogP contribution in [0.2, 0.25) is 0 Å². The molecule has 0 bridgehead atoms. The number of aromatic nitrogens is 4. The number of para-hydroxylation sites is 2. The van der Waals surface area contributed by atoms with Crippen LogP contribution < -0.4 is 5.73 Å². The van der Waals surface area contributed by atoms with Crippen LogP contribution in [0.5, 0.6) is 5.88 Å². The molecule has 0 saturated carbocycles. The topological polar surface area (TPSA) is 116 Å². The van der Waals surface area contributed by atoms with E-state index in [1.54, 1.807) is 11.8 Å². The molecule has 33 heavy (non-hydrogen) atoms. The van der Waals surface area contributed by atoms with Gasteiger partial charge in [0.2, 0.25) is 11.8 Å². The third-order valence-corrected chi connectivity index (χ3v) is 6.99. The summed E-state index contributed by atoms with van der Waals surface area (Å²) in [6, 6.07) is 16.4. The molecule has 0 spiro atoms. The third kappa shape index (κ3) is 5.00. The van der Waals surface area contributed by atoms with Gasteiger partial charge in [-0.1, -0.05) is 24.3 Å². The van der Waals surface area contributed by atoms with Crippen LogP contribution in [-0.2, 0) is 10.5 Å². The number of likely N-dealkylation sites (tertiary alicyclic amines) is 1. The van der Waals surface area contributed by atoms with E-state index in [0.29, 0.717) is 11.4 Å². The number of rotatable bonds is 7. The van der Waals surface area contributed by atoms with Crippen LogP contribution in [0.25, 0.3) is 11.0 Å². The lowest BCUT2D eigenvalue weighted by atomic mass is 10.1. The SMILES string of the molecule is CN1CCC(OC(c2cccc(SCc3[nH]c(N)nc3O)c2)c2nc3ccccc3[nH]2)CC1. The number of anilines is 1. The van der Waals surface area contributed by atoms with Crippen LogP contribution in [0.15, 0.2) is 53.4 Å². The molecule has 3 heterocycles. The normalized spacial score (nSPS) is 16.4. The van der Waals surface area contributed by atoms with Gasteiger partial charge in [-0.3, -0.25) is 0 Å². The Morgan fingerprint density at radius 2 is 1.97 bits per heavy atom. The highest BCUT2D eigenvalue weighted by Gasteiger charge is 2.26. The number of nitrogens with zero attached hydrogens (tertiary/aromatic N) is 3. The summed E-state index contributed by atoms with van der Waals surface area (Å²) in [5, 5.41) is 9.90. The second-order valence-corrected chi connectivity index (χ2v) is 9.49. The number of piperidine rings is 1. The fourth-order valence-electron chi connectivity index (χ4n) is 4.15. The average Bonchev–Trinajstić information content (AvgIpc) is 3.39. The van der Waals surface area contributed by atoms with Crippen LogP contribution in [0.4, 0.5) is 5.95 Å². The summed E-state index contributed by atoms with van der Waals surface area (Å²) in [4.78, 5) is 18.4. The second-order valence-electron chi connectivity index (χ2n) is 8.44. The van der Waals surface area contributed by atoms with E-state index in [1.807, 2.05) is 30.3 Å². The summed E-state index contributed by atoms with van der Waals surface area (Å²) in [6.07, 6.45) is 1.90. The van der Waals surface area contributed by atoms with Crippen LogP contribution in [0.1, 0.15) is 36.0 Å². The van der Waals surface area contributed by atoms with Crippen molar-refractivity contribution in [2.45, 2.75) is 35.7 Å². The maximum atomic E-state index is 9.90. The fourth-order valence-corrected chi connectivity index (χ4v) is 5.06. The molecule has 1 fully saturated rings. The molecule has 5 rings (SSSR count). The molecule has 5 N–H and O–H groups in total. The van der Waals surface area contributed by atoms with Crippen LogP contribution in [-0.4, -0.2) is 56.2 Å². The number of fused-ring (bicyclic) bond motifs is 1. The van der Waals surface area contributed by atoms with E-state index in [0.717, 1.165) is 53.2 Å². The van der Waals surface area contributed by atoms with Crippen molar-refractivity contribution >= 4 is 28.7 Å². The minimum atomic E-state index is -0.289. The highest BCUT2D eigenvalue weighted by atomic mass is 32.2. The highest BCUT2D eigenvalue weighted by Crippen LogP contribution is 2.33. The summed E-state index contributed by atoms with van der Waals surface area (Å²) in [5.41, 5.74) is 9.23. The molecule has 8 nitrogen and oxygen atoms in total. The Morgan fingerprint density at radius 3 is 2.73 bits per heavy atom. The zero-order chi connectivity index (χ0) is 22.8. The quantitative estimate of drug-likeness (QED) is 0.305. The molecule has 172 valence electrons. The first-order valence-electron chi connectivity index (χ1n) is 11.1. The summed E-state index contributed by atoms with van der Waals surface area (Å²) < 4.78 is 6.68. The molecule has 2 aromatic carbocycles. The molecule has 1 unspecified atom stereocenters. The molecule has 0 radical (unpaired) electrons. The second kappa shape index (κ2) is 9.46. The number of hydrogen-bond acceptors (Lipinski definition) is 7. The zero-order valence-electron chi connectivity index (χ0n) is 18.5. The lowest BCUT2D eigenvalue weighted by Crippen LogP contribution is -2.35. The predicted molar refractivity (Wildman–Crippen MR) is 130 cm³/mol. The lowest BCUT2D eigenvalue weighted by Gasteiger charge is -2.31. The largest absolute Gasteiger partial charge is 0.492 e. The number of nitrogen functional groups attached to an aromatic ring is 1. The number of thioether (sulfide) groups is 1. The van der Waals surface area contributed by atoms with Crippen LogP contribution in [0, 0.1) is 0 Å². The number of nitrogens with one attached hydrogen (secondary N) is 2. The van der Waals surface area contributed by atoms with Crippen molar-refractivity contribution in [3.05, 3.63) is 65.6 Å². The number of ether oxygens (including phenoxy) is 1. The minimum Gasteiger partial charge on any atom is -0.492 e. The Morgan fingerprint density at radius 1 is 1.15 bits per heavy atom. The number of nitrogens with two attached hydrogens (primary N) is 1. The van der Waals surface area contributed by atoms with Gasteiger partial charge in [-0.2, -0.15) is 4.98 Å². The van der Waals surface area contributed by atoms with E-state index in [4.69, 9.17) is 15.5 Å². The summed E-state index contributed by atoms with van der Waals surface area (Å²) in [7, 11) is 2.15. The van der Waals surface area contributed by atoms with Gasteiger partial charge in [-0.05, 0) is 49.7 Å². The molecule has 0 aliphatic carbocycles. The highest BCUT2D eigenvalue weighted by molar-refractivity contribution is 7.98. The van der Waals surface area contributed by atoms with E-state index in [-0.39, 0.29) is 24.0 Å². The van der Waals surface area contributed by atoms with E-state index >= 15 is 0 Å². The van der Waals surface area contributed by atoms with Crippen LogP contribution >= 0.6 is 11.8 Å². The van der Waals surface area contributed by atoms with Gasteiger partial charge in [-0.25, -0.2) is 4.98 Å². The van der Waals surface area contributed by atoms with Gasteiger partial charge in [0.15, 0.2) is 0 Å². The standard InChI is InChI=1S/C24H28N6O2S/c1-30-11-9-16(10-12-30)32-21(22-26-18-7-2-3-8-19(18)27-22)15-5-4-6-17(13-15)33-14-20-23(31)29-24(25)28-20/h2-8,13,16,21,31H,9-12,14H2,1H3,(H,26,27)(H3,25,28,29). The number of benzene rings is 2. The third-order valence-electron chi connectivity index (χ3n) is 5.97. The Kier molecular flexibility index (Phi) is 6.26. The van der Waals surface area contributed by atoms with Crippen molar-refractivity contribution in [3.63, 3.8) is 0 Å². The van der Waals surface area contributed by atoms with Crippen molar-refractivity contribution in [2.24, 2.45) is 0 Å². The van der Waals surface area contributed by atoms with Gasteiger partial charge in [0.25, 0.3) is 0 Å². The van der Waals surface area contributed by atoms with Gasteiger partial charge >= 0.3 is 0 Å². The molecule has 1 saturated heterocycles. The van der Waals surface area contributed by atoms with Crippen molar-refractivity contribution in [1.82, 2.24) is 24.8 Å². The Labute approximate surface area is 196 Å². The summed E-state index contributed by atoms with van der Waals surface area (Å²) in [6.45, 7) is 2.06. The molecule has 1 atom stereocenters. The minimum absolute atomic E-state index is 0.0538. The lowest BCUT2D eigenvalue weighted by molar-refractivity contribution is -0.0264. The predicted octanol–water partition coefficient (Wildman–Crippen LogP) is 4.07. The summed E-state index contributed by atoms with van der Waals surface area (Å²) >= 11 is 1.60. The molecule has 1 aliphatic heterocycles. The number of aromatic hydroxyl groups is 1. The molecular formula is C24H28N6O2S. The first-order chi connectivity index (χ1) is 16.0. The molecule has 4 aromatic rings. The number of aromatic amines is 2. The van der Waals surface area contributed by atoms with Gasteiger partial charge in [0, 0.05) is 23.7 Å².